The van der Waals surface area contributed by atoms with Crippen molar-refractivity contribution >= 4 is 10.0 Å². The molecule has 0 aliphatic rings. The molecule has 0 saturated heterocycles. The minimum absolute atomic E-state index is 0.285. The number of nitrogens with one attached hydrogen (secondary N) is 1. The Balaban J connectivity index is 3.10. The molecule has 1 aromatic rings. The molecule has 0 radical (unpaired) electrons. The van der Waals surface area contributed by atoms with Gasteiger partial charge in [-0.05, 0) is 25.0 Å². The highest BCUT2D eigenvalue weighted by molar-refractivity contribution is 7.89. The molecule has 0 aliphatic carbocycles. The monoisotopic (exact) mass is 325 g/mol. The van der Waals surface area contributed by atoms with Gasteiger partial charge in [0.25, 0.3) is 0 Å². The molecule has 0 heterocycles. The topological polar surface area (TPSA) is 66.4 Å². The predicted molar refractivity (Wildman–Crippen MR) is 72.2 cm³/mol. The van der Waals surface area contributed by atoms with Gasteiger partial charge in [-0.15, -0.1) is 0 Å². The van der Waals surface area contributed by atoms with Crippen molar-refractivity contribution in [3.63, 3.8) is 0 Å². The number of halogens is 3. The van der Waals surface area contributed by atoms with Gasteiger partial charge in [0.15, 0.2) is 0 Å². The molecule has 0 unspecified atom stereocenters. The van der Waals surface area contributed by atoms with Gasteiger partial charge in [0, 0.05) is 6.54 Å². The number of rotatable bonds is 6. The largest absolute Gasteiger partial charge is 0.417 e. The lowest BCUT2D eigenvalue weighted by molar-refractivity contribution is -0.139. The Labute approximate surface area is 122 Å². The van der Waals surface area contributed by atoms with Crippen LogP contribution in [0, 0.1) is 0 Å². The summed E-state index contributed by atoms with van der Waals surface area (Å²) in [5.41, 5.74) is -2.51. The number of sulfonamides is 1. The van der Waals surface area contributed by atoms with Gasteiger partial charge in [-0.3, -0.25) is 0 Å². The normalized spacial score (nSPS) is 13.4. The van der Waals surface area contributed by atoms with E-state index in [0.717, 1.165) is 12.1 Å². The van der Waals surface area contributed by atoms with Gasteiger partial charge < -0.3 is 5.11 Å². The zero-order valence-corrected chi connectivity index (χ0v) is 12.6. The Bertz CT molecular complexity index is 581. The summed E-state index contributed by atoms with van der Waals surface area (Å²) in [4.78, 5) is -0.841. The van der Waals surface area contributed by atoms with Crippen molar-refractivity contribution < 1.29 is 26.7 Å². The van der Waals surface area contributed by atoms with Crippen LogP contribution in [-0.4, -0.2) is 25.7 Å². The number of hydrogen-bond donors (Lipinski definition) is 2. The van der Waals surface area contributed by atoms with Gasteiger partial charge in [0.05, 0.1) is 16.1 Å². The third kappa shape index (κ3) is 4.42. The fourth-order valence-corrected chi connectivity index (χ4v) is 3.09. The molecule has 0 amide bonds. The number of alkyl halides is 3. The van der Waals surface area contributed by atoms with Crippen LogP contribution in [-0.2, 0) is 16.2 Å². The summed E-state index contributed by atoms with van der Waals surface area (Å²) in [6.45, 7) is 3.00. The van der Waals surface area contributed by atoms with Gasteiger partial charge in [-0.25, -0.2) is 13.1 Å². The summed E-state index contributed by atoms with van der Waals surface area (Å²) < 4.78 is 64.7. The Morgan fingerprint density at radius 2 is 1.67 bits per heavy atom. The van der Waals surface area contributed by atoms with Crippen molar-refractivity contribution in [1.29, 1.82) is 0 Å². The molecule has 1 aromatic carbocycles. The second-order valence-electron chi connectivity index (χ2n) is 4.75. The van der Waals surface area contributed by atoms with E-state index in [4.69, 9.17) is 0 Å². The van der Waals surface area contributed by atoms with Gasteiger partial charge in [0.2, 0.25) is 10.0 Å². The summed E-state index contributed by atoms with van der Waals surface area (Å²) >= 11 is 0. The van der Waals surface area contributed by atoms with Crippen LogP contribution in [0.2, 0.25) is 0 Å². The zero-order chi connectivity index (χ0) is 16.3. The molecule has 0 spiro atoms. The molecule has 0 atom stereocenters. The first-order chi connectivity index (χ1) is 9.56. The van der Waals surface area contributed by atoms with Crippen LogP contribution in [0.3, 0.4) is 0 Å². The molecule has 2 N–H and O–H groups in total. The van der Waals surface area contributed by atoms with Crippen LogP contribution in [0.15, 0.2) is 29.2 Å². The van der Waals surface area contributed by atoms with E-state index in [1.165, 1.54) is 6.07 Å². The molecule has 8 heteroatoms. The fourth-order valence-electron chi connectivity index (χ4n) is 1.74. The Hall–Kier alpha value is -1.12. The molecular weight excluding hydrogens is 307 g/mol. The van der Waals surface area contributed by atoms with E-state index in [2.05, 4.69) is 4.72 Å². The lowest BCUT2D eigenvalue weighted by Gasteiger charge is -2.25. The minimum Gasteiger partial charge on any atom is -0.389 e. The van der Waals surface area contributed by atoms with Crippen molar-refractivity contribution in [2.45, 2.75) is 43.4 Å². The average molecular weight is 325 g/mol. The number of hydrogen-bond acceptors (Lipinski definition) is 3. The van der Waals surface area contributed by atoms with Crippen LogP contribution in [0.4, 0.5) is 13.2 Å². The van der Waals surface area contributed by atoms with Crippen LogP contribution in [0.25, 0.3) is 0 Å². The Morgan fingerprint density at radius 1 is 1.14 bits per heavy atom. The Kier molecular flexibility index (Phi) is 5.40. The summed E-state index contributed by atoms with van der Waals surface area (Å²) in [5, 5.41) is 10.0. The van der Waals surface area contributed by atoms with Crippen molar-refractivity contribution in [3.05, 3.63) is 29.8 Å². The maximum atomic E-state index is 12.8. The highest BCUT2D eigenvalue weighted by atomic mass is 32.2. The fraction of sp³-hybridized carbons (Fsp3) is 0.538. The van der Waals surface area contributed by atoms with Gasteiger partial charge >= 0.3 is 6.18 Å². The van der Waals surface area contributed by atoms with E-state index in [9.17, 15) is 26.7 Å². The van der Waals surface area contributed by atoms with Gasteiger partial charge in [-0.2, -0.15) is 13.2 Å². The molecule has 0 aromatic heterocycles. The van der Waals surface area contributed by atoms with E-state index in [1.54, 1.807) is 13.8 Å². The quantitative estimate of drug-likeness (QED) is 0.845. The molecule has 0 aliphatic heterocycles. The van der Waals surface area contributed by atoms with Crippen LogP contribution in [0.5, 0.6) is 0 Å². The van der Waals surface area contributed by atoms with E-state index in [1.807, 2.05) is 0 Å². The maximum absolute atomic E-state index is 12.8. The lowest BCUT2D eigenvalue weighted by Crippen LogP contribution is -2.42. The second-order valence-corrected chi connectivity index (χ2v) is 6.49. The second kappa shape index (κ2) is 6.33. The highest BCUT2D eigenvalue weighted by Crippen LogP contribution is 2.33. The highest BCUT2D eigenvalue weighted by Gasteiger charge is 2.37. The summed E-state index contributed by atoms with van der Waals surface area (Å²) in [6.07, 6.45) is -4.20. The SMILES string of the molecule is CCC(O)(CC)CNS(=O)(=O)c1ccccc1C(F)(F)F. The first-order valence-corrected chi connectivity index (χ1v) is 7.92. The molecule has 1 rings (SSSR count). The van der Waals surface area contributed by atoms with Crippen LogP contribution < -0.4 is 4.72 Å². The average Bonchev–Trinajstić information content (AvgIpc) is 2.44. The van der Waals surface area contributed by atoms with Crippen molar-refractivity contribution in [3.8, 4) is 0 Å². The van der Waals surface area contributed by atoms with E-state index < -0.39 is 32.3 Å². The molecular formula is C13H18F3NO3S. The van der Waals surface area contributed by atoms with Crippen molar-refractivity contribution in [1.82, 2.24) is 4.72 Å². The first kappa shape index (κ1) is 17.9. The standard InChI is InChI=1S/C13H18F3NO3S/c1-3-12(18,4-2)9-17-21(19,20)11-8-6-5-7-10(11)13(14,15)16/h5-8,17-18H,3-4,9H2,1-2H3. The minimum atomic E-state index is -4.77. The van der Waals surface area contributed by atoms with Gasteiger partial charge in [0.1, 0.15) is 0 Å². The van der Waals surface area contributed by atoms with Crippen molar-refractivity contribution in [2.75, 3.05) is 6.54 Å². The van der Waals surface area contributed by atoms with Crippen LogP contribution >= 0.6 is 0 Å². The molecule has 21 heavy (non-hydrogen) atoms. The first-order valence-electron chi connectivity index (χ1n) is 6.44. The molecule has 4 nitrogen and oxygen atoms in total. The molecule has 0 saturated carbocycles. The van der Waals surface area contributed by atoms with Crippen LogP contribution in [0.1, 0.15) is 32.3 Å². The maximum Gasteiger partial charge on any atom is 0.417 e. The van der Waals surface area contributed by atoms with E-state index in [0.29, 0.717) is 6.07 Å². The predicted octanol–water partition coefficient (Wildman–Crippen LogP) is 2.53. The smallest absolute Gasteiger partial charge is 0.389 e. The third-order valence-corrected chi connectivity index (χ3v) is 4.85. The zero-order valence-electron chi connectivity index (χ0n) is 11.7. The number of benzene rings is 1. The molecule has 120 valence electrons. The Morgan fingerprint density at radius 3 is 2.14 bits per heavy atom. The lowest BCUT2D eigenvalue weighted by atomic mass is 9.98. The third-order valence-electron chi connectivity index (χ3n) is 3.39. The van der Waals surface area contributed by atoms with Crippen molar-refractivity contribution in [2.24, 2.45) is 0 Å². The number of aliphatic hydroxyl groups is 1. The summed E-state index contributed by atoms with van der Waals surface area (Å²) in [5.74, 6) is 0. The van der Waals surface area contributed by atoms with E-state index >= 15 is 0 Å². The molecule has 0 bridgehead atoms. The van der Waals surface area contributed by atoms with E-state index in [-0.39, 0.29) is 19.4 Å². The molecule has 0 fully saturated rings. The summed E-state index contributed by atoms with van der Waals surface area (Å²) in [7, 11) is -4.36. The summed E-state index contributed by atoms with van der Waals surface area (Å²) in [6, 6.07) is 3.94. The van der Waals surface area contributed by atoms with Gasteiger partial charge in [-0.1, -0.05) is 26.0 Å².